The number of nitrogens with zero attached hydrogens (tertiary/aromatic N) is 3. The van der Waals surface area contributed by atoms with Crippen LogP contribution < -0.4 is 0 Å². The summed E-state index contributed by atoms with van der Waals surface area (Å²) in [6.07, 6.45) is 15.2. The van der Waals surface area contributed by atoms with Crippen molar-refractivity contribution in [3.05, 3.63) is 36.0 Å². The number of piperazine rings is 1. The highest BCUT2D eigenvalue weighted by atomic mass is 16.6. The first kappa shape index (κ1) is 41.8. The minimum atomic E-state index is -1.47. The van der Waals surface area contributed by atoms with E-state index in [1.54, 1.807) is 29.9 Å². The zero-order valence-corrected chi connectivity index (χ0v) is 32.2. The van der Waals surface area contributed by atoms with Crippen LogP contribution in [-0.2, 0) is 23.7 Å². The Balaban J connectivity index is 1.38. The van der Waals surface area contributed by atoms with Gasteiger partial charge in [-0.05, 0) is 64.0 Å². The molecule has 4 rings (SSSR count). The maximum Gasteiger partial charge on any atom is 0.410 e. The smallest absolute Gasteiger partial charge is 0.410 e. The van der Waals surface area contributed by atoms with E-state index in [0.717, 1.165) is 31.5 Å². The molecule has 12 heteroatoms. The van der Waals surface area contributed by atoms with Gasteiger partial charge < -0.3 is 39.0 Å². The summed E-state index contributed by atoms with van der Waals surface area (Å²) in [6, 6.07) is 0.630. The van der Waals surface area contributed by atoms with E-state index in [4.69, 9.17) is 18.9 Å². The van der Waals surface area contributed by atoms with Crippen molar-refractivity contribution in [1.82, 2.24) is 14.7 Å². The zero-order chi connectivity index (χ0) is 37.7. The number of esters is 1. The summed E-state index contributed by atoms with van der Waals surface area (Å²) in [7, 11) is 1.63. The van der Waals surface area contributed by atoms with Crippen LogP contribution >= 0.6 is 0 Å². The van der Waals surface area contributed by atoms with Crippen molar-refractivity contribution in [3.8, 4) is 0 Å². The number of aliphatic hydroxyl groups excluding tert-OH is 1. The van der Waals surface area contributed by atoms with E-state index in [-0.39, 0.29) is 49.8 Å². The molecule has 294 valence electrons. The zero-order valence-electron chi connectivity index (χ0n) is 32.2. The number of hydrogen-bond donors (Lipinski definition) is 2. The first-order valence-electron chi connectivity index (χ1n) is 19.6. The predicted molar refractivity (Wildman–Crippen MR) is 199 cm³/mol. The van der Waals surface area contributed by atoms with Gasteiger partial charge in [-0.1, -0.05) is 63.8 Å². The summed E-state index contributed by atoms with van der Waals surface area (Å²) < 4.78 is 22.7. The molecular formula is C40H65N3O9. The topological polar surface area (TPSA) is 138 Å². The molecule has 0 bridgehead atoms. The number of likely N-dealkylation sites (tertiary alicyclic amines) is 1. The van der Waals surface area contributed by atoms with Crippen LogP contribution in [0, 0.1) is 11.8 Å². The molecule has 3 aliphatic heterocycles. The second-order valence-corrected chi connectivity index (χ2v) is 15.7. The number of carbonyl (C=O) groups excluding carboxylic acids is 3. The van der Waals surface area contributed by atoms with Crippen LogP contribution in [0.15, 0.2) is 36.0 Å². The second-order valence-electron chi connectivity index (χ2n) is 15.7. The van der Waals surface area contributed by atoms with Crippen LogP contribution in [0.1, 0.15) is 98.3 Å². The quantitative estimate of drug-likeness (QED) is 0.101. The lowest BCUT2D eigenvalue weighted by Gasteiger charge is -2.40. The van der Waals surface area contributed by atoms with E-state index < -0.39 is 36.0 Å². The third-order valence-corrected chi connectivity index (χ3v) is 11.2. The Morgan fingerprint density at radius 2 is 1.73 bits per heavy atom. The largest absolute Gasteiger partial charge is 0.457 e. The lowest BCUT2D eigenvalue weighted by molar-refractivity contribution is -0.151. The normalized spacial score (nSPS) is 32.0. The van der Waals surface area contributed by atoms with Crippen LogP contribution in [-0.4, -0.2) is 132 Å². The number of hydrogen-bond acceptors (Lipinski definition) is 10. The number of amides is 2. The highest BCUT2D eigenvalue weighted by Crippen LogP contribution is 2.28. The summed E-state index contributed by atoms with van der Waals surface area (Å²) >= 11 is 0. The highest BCUT2D eigenvalue weighted by Gasteiger charge is 2.37. The van der Waals surface area contributed by atoms with E-state index in [1.165, 1.54) is 38.5 Å². The Hall–Kier alpha value is -2.93. The molecule has 1 unspecified atom stereocenters. The summed E-state index contributed by atoms with van der Waals surface area (Å²) in [6.45, 7) is 11.5. The first-order valence-corrected chi connectivity index (χ1v) is 19.6. The average Bonchev–Trinajstić information content (AvgIpc) is 3.41. The third-order valence-electron chi connectivity index (χ3n) is 11.2. The van der Waals surface area contributed by atoms with Gasteiger partial charge in [0.1, 0.15) is 11.7 Å². The maximum atomic E-state index is 13.5. The predicted octanol–water partition coefficient (Wildman–Crippen LogP) is 5.62. The molecule has 1 aliphatic carbocycles. The Morgan fingerprint density at radius 1 is 1.02 bits per heavy atom. The molecule has 0 radical (unpaired) electrons. The fourth-order valence-electron chi connectivity index (χ4n) is 7.80. The van der Waals surface area contributed by atoms with Gasteiger partial charge in [-0.2, -0.15) is 0 Å². The van der Waals surface area contributed by atoms with E-state index in [1.807, 2.05) is 45.1 Å². The van der Waals surface area contributed by atoms with Crippen LogP contribution in [0.5, 0.6) is 0 Å². The molecule has 1 saturated carbocycles. The third kappa shape index (κ3) is 12.6. The van der Waals surface area contributed by atoms with Crippen molar-refractivity contribution in [2.45, 2.75) is 134 Å². The molecule has 0 aromatic carbocycles. The van der Waals surface area contributed by atoms with Crippen molar-refractivity contribution in [2.75, 3.05) is 53.0 Å². The fourth-order valence-corrected chi connectivity index (χ4v) is 7.80. The molecular weight excluding hydrogens is 666 g/mol. The lowest BCUT2D eigenvalue weighted by atomic mass is 9.89. The van der Waals surface area contributed by atoms with Gasteiger partial charge in [-0.15, -0.1) is 0 Å². The molecule has 52 heavy (non-hydrogen) atoms. The van der Waals surface area contributed by atoms with Crippen LogP contribution in [0.3, 0.4) is 0 Å². The average molecular weight is 732 g/mol. The molecule has 0 aromatic heterocycles. The summed E-state index contributed by atoms with van der Waals surface area (Å²) in [4.78, 5) is 45.0. The molecule has 3 fully saturated rings. The monoisotopic (exact) mass is 731 g/mol. The molecule has 12 nitrogen and oxygen atoms in total. The first-order chi connectivity index (χ1) is 24.9. The Labute approximate surface area is 311 Å². The van der Waals surface area contributed by atoms with E-state index in [2.05, 4.69) is 4.90 Å². The van der Waals surface area contributed by atoms with E-state index in [0.29, 0.717) is 32.3 Å². The van der Waals surface area contributed by atoms with Gasteiger partial charge in [-0.3, -0.25) is 9.69 Å². The standard InChI is InChI=1S/C40H65N3O9/c1-29(27-50-39(47)43-21-11-16-33(43)28-49-5)12-10-13-30(2)37-31(3)17-18-35(40(4,48)20-19-34(44)26-36(45)52-37)51-38(46)42-24-22-41(23-25-42)32-14-8-6-7-9-15-32/h10,12-13,17-18,29,31-35,37,44,48H,6-9,11,14-16,19-28H2,1-5H3/b12-10+,18-17+,30-13+/t29?,31-,33+,34-,35-,37+,40-/m0/s1. The van der Waals surface area contributed by atoms with Gasteiger partial charge in [0, 0.05) is 57.7 Å². The molecule has 2 amide bonds. The maximum absolute atomic E-state index is 13.5. The number of aliphatic hydroxyl groups is 2. The van der Waals surface area contributed by atoms with Crippen LogP contribution in [0.4, 0.5) is 9.59 Å². The lowest BCUT2D eigenvalue weighted by Crippen LogP contribution is -2.53. The van der Waals surface area contributed by atoms with Crippen molar-refractivity contribution in [2.24, 2.45) is 11.8 Å². The molecule has 4 aliphatic rings. The fraction of sp³-hybridized carbons (Fsp3) is 0.775. The van der Waals surface area contributed by atoms with Crippen molar-refractivity contribution >= 4 is 18.2 Å². The van der Waals surface area contributed by atoms with Crippen molar-refractivity contribution in [3.63, 3.8) is 0 Å². The van der Waals surface area contributed by atoms with Crippen molar-refractivity contribution in [1.29, 1.82) is 0 Å². The minimum absolute atomic E-state index is 0.0461. The summed E-state index contributed by atoms with van der Waals surface area (Å²) in [5.74, 6) is -0.931. The molecule has 2 saturated heterocycles. The number of carbonyl (C=O) groups is 3. The molecule has 0 spiro atoms. The van der Waals surface area contributed by atoms with Gasteiger partial charge in [0.15, 0.2) is 6.10 Å². The number of cyclic esters (lactones) is 1. The number of ether oxygens (including phenoxy) is 4. The highest BCUT2D eigenvalue weighted by molar-refractivity contribution is 5.70. The van der Waals surface area contributed by atoms with Crippen LogP contribution in [0.2, 0.25) is 0 Å². The van der Waals surface area contributed by atoms with Gasteiger partial charge in [-0.25, -0.2) is 9.59 Å². The van der Waals surface area contributed by atoms with E-state index >= 15 is 0 Å². The van der Waals surface area contributed by atoms with Crippen molar-refractivity contribution < 1.29 is 43.5 Å². The summed E-state index contributed by atoms with van der Waals surface area (Å²) in [5.41, 5.74) is -0.704. The van der Waals surface area contributed by atoms with Gasteiger partial charge in [0.2, 0.25) is 0 Å². The number of methoxy groups -OCH3 is 1. The summed E-state index contributed by atoms with van der Waals surface area (Å²) in [5, 5.41) is 22.2. The van der Waals surface area contributed by atoms with Gasteiger partial charge >= 0.3 is 18.2 Å². The molecule has 2 N–H and O–H groups in total. The Kier molecular flexibility index (Phi) is 16.5. The van der Waals surface area contributed by atoms with E-state index in [9.17, 15) is 24.6 Å². The minimum Gasteiger partial charge on any atom is -0.457 e. The number of rotatable bonds is 9. The molecule has 0 aromatic rings. The van der Waals surface area contributed by atoms with Crippen LogP contribution in [0.25, 0.3) is 0 Å². The second kappa shape index (κ2) is 20.5. The number of allylic oxidation sites excluding steroid dienone is 2. The van der Waals surface area contributed by atoms with Gasteiger partial charge in [0.25, 0.3) is 0 Å². The van der Waals surface area contributed by atoms with Gasteiger partial charge in [0.05, 0.1) is 31.8 Å². The Morgan fingerprint density at radius 3 is 2.42 bits per heavy atom. The molecule has 3 heterocycles. The molecule has 7 atom stereocenters. The SMILES string of the molecule is COC[C@H]1CCCN1C(=O)OCC(C)/C=C/C=C(\C)[C@H]1OC(=O)C[C@@H](O)CC[C@](C)(O)[C@@H](OC(=O)N2CCN(C3CCCCCC3)CC2)/C=C/[C@@H]1C. The Bertz CT molecular complexity index is 1240.